The number of rotatable bonds is 13. The highest BCUT2D eigenvalue weighted by Crippen LogP contribution is 2.27. The number of carbonyl (C=O) groups excluding carboxylic acids is 2. The third-order valence-electron chi connectivity index (χ3n) is 6.83. The van der Waals surface area contributed by atoms with E-state index in [2.05, 4.69) is 5.32 Å². The average molecular weight is 620 g/mol. The van der Waals surface area contributed by atoms with Gasteiger partial charge in [0.15, 0.2) is 0 Å². The minimum absolute atomic E-state index is 0.0320. The Balaban J connectivity index is 1.79. The molecule has 2 amide bonds. The number of methoxy groups -OCH3 is 1. The molecule has 0 aliphatic carbocycles. The lowest BCUT2D eigenvalue weighted by atomic mass is 10.0. The highest BCUT2D eigenvalue weighted by atomic mass is 35.5. The highest BCUT2D eigenvalue weighted by molar-refractivity contribution is 7.92. The molecule has 0 spiro atoms. The van der Waals surface area contributed by atoms with Gasteiger partial charge in [0, 0.05) is 24.5 Å². The maximum absolute atomic E-state index is 14.3. The molecule has 0 aliphatic rings. The fourth-order valence-corrected chi connectivity index (χ4v) is 6.32. The van der Waals surface area contributed by atoms with Crippen LogP contribution in [0.3, 0.4) is 0 Å². The van der Waals surface area contributed by atoms with Gasteiger partial charge in [-0.05, 0) is 66.6 Å². The van der Waals surface area contributed by atoms with Gasteiger partial charge in [-0.2, -0.15) is 0 Å². The van der Waals surface area contributed by atoms with Gasteiger partial charge in [0.1, 0.15) is 18.3 Å². The molecule has 224 valence electrons. The van der Waals surface area contributed by atoms with Gasteiger partial charge in [-0.1, -0.05) is 72.3 Å². The van der Waals surface area contributed by atoms with E-state index < -0.39 is 28.5 Å². The van der Waals surface area contributed by atoms with Crippen LogP contribution in [0.2, 0.25) is 5.02 Å². The van der Waals surface area contributed by atoms with Gasteiger partial charge in [-0.25, -0.2) is 8.42 Å². The number of ether oxygens (including phenoxy) is 1. The largest absolute Gasteiger partial charge is 0.497 e. The number of sulfonamides is 1. The maximum atomic E-state index is 14.3. The molecule has 1 N–H and O–H groups in total. The van der Waals surface area contributed by atoms with Crippen LogP contribution in [0.4, 0.5) is 5.69 Å². The lowest BCUT2D eigenvalue weighted by Gasteiger charge is -2.34. The molecule has 0 saturated carbocycles. The van der Waals surface area contributed by atoms with Crippen LogP contribution in [0.1, 0.15) is 18.1 Å². The molecule has 4 aromatic carbocycles. The minimum Gasteiger partial charge on any atom is -0.497 e. The Morgan fingerprint density at radius 2 is 1.49 bits per heavy atom. The molecule has 0 aromatic heterocycles. The van der Waals surface area contributed by atoms with Crippen molar-refractivity contribution in [2.75, 3.05) is 24.5 Å². The number of amides is 2. The molecule has 4 aromatic rings. The molecule has 0 bridgehead atoms. The lowest BCUT2D eigenvalue weighted by Crippen LogP contribution is -2.53. The van der Waals surface area contributed by atoms with Crippen LogP contribution in [-0.4, -0.2) is 51.4 Å². The number of benzene rings is 4. The first-order valence-electron chi connectivity index (χ1n) is 13.8. The third-order valence-corrected chi connectivity index (χ3v) is 8.86. The van der Waals surface area contributed by atoms with E-state index in [1.165, 1.54) is 24.1 Å². The van der Waals surface area contributed by atoms with Crippen LogP contribution in [-0.2, 0) is 32.6 Å². The summed E-state index contributed by atoms with van der Waals surface area (Å²) in [5.74, 6) is -0.361. The molecule has 43 heavy (non-hydrogen) atoms. The SMILES string of the molecule is CCNC(=O)[C@H](Cc1ccccc1)N(Cc1cccc(Cl)c1)C(=O)CN(c1ccc(OC)cc1)S(=O)(=O)c1ccccc1. The van der Waals surface area contributed by atoms with Crippen molar-refractivity contribution >= 4 is 39.1 Å². The monoisotopic (exact) mass is 619 g/mol. The quantitative estimate of drug-likeness (QED) is 0.219. The number of nitrogens with one attached hydrogen (secondary N) is 1. The second-order valence-corrected chi connectivity index (χ2v) is 12.1. The third kappa shape index (κ3) is 8.15. The number of hydrogen-bond acceptors (Lipinski definition) is 5. The Morgan fingerprint density at radius 3 is 2.09 bits per heavy atom. The van der Waals surface area contributed by atoms with Gasteiger partial charge < -0.3 is 15.0 Å². The van der Waals surface area contributed by atoms with E-state index in [9.17, 15) is 18.0 Å². The molecule has 8 nitrogen and oxygen atoms in total. The molecule has 4 rings (SSSR count). The predicted molar refractivity (Wildman–Crippen MR) is 169 cm³/mol. The molecule has 0 saturated heterocycles. The topological polar surface area (TPSA) is 96.0 Å². The lowest BCUT2D eigenvalue weighted by molar-refractivity contribution is -0.140. The van der Waals surface area contributed by atoms with Crippen molar-refractivity contribution in [2.45, 2.75) is 30.8 Å². The fourth-order valence-electron chi connectivity index (χ4n) is 4.67. The van der Waals surface area contributed by atoms with E-state index in [1.807, 2.05) is 36.4 Å². The summed E-state index contributed by atoms with van der Waals surface area (Å²) in [6.45, 7) is 1.66. The van der Waals surface area contributed by atoms with Crippen LogP contribution in [0.25, 0.3) is 0 Å². The standard InChI is InChI=1S/C33H34ClN3O5S/c1-3-35-33(39)31(22-25-11-6-4-7-12-25)36(23-26-13-10-14-27(34)21-26)32(38)24-37(28-17-19-29(42-2)20-18-28)43(40,41)30-15-8-5-9-16-30/h4-21,31H,3,22-24H2,1-2H3,(H,35,39)/t31-/m0/s1. The Bertz CT molecular complexity index is 1620. The summed E-state index contributed by atoms with van der Waals surface area (Å²) in [7, 11) is -2.66. The van der Waals surface area contributed by atoms with Crippen molar-refractivity contribution in [3.63, 3.8) is 0 Å². The Hall–Kier alpha value is -4.34. The fraction of sp³-hybridized carbons (Fsp3) is 0.212. The first-order valence-corrected chi connectivity index (χ1v) is 15.6. The van der Waals surface area contributed by atoms with Crippen LogP contribution < -0.4 is 14.4 Å². The summed E-state index contributed by atoms with van der Waals surface area (Å²) in [4.78, 5) is 29.3. The summed E-state index contributed by atoms with van der Waals surface area (Å²) in [6, 6.07) is 29.8. The molecule has 0 aliphatic heterocycles. The van der Waals surface area contributed by atoms with Crippen molar-refractivity contribution < 1.29 is 22.7 Å². The van der Waals surface area contributed by atoms with Crippen molar-refractivity contribution in [3.8, 4) is 5.75 Å². The maximum Gasteiger partial charge on any atom is 0.264 e. The summed E-state index contributed by atoms with van der Waals surface area (Å²) >= 11 is 6.27. The van der Waals surface area contributed by atoms with Crippen molar-refractivity contribution in [1.82, 2.24) is 10.2 Å². The Labute approximate surface area is 257 Å². The van der Waals surface area contributed by atoms with Gasteiger partial charge in [-0.15, -0.1) is 0 Å². The van der Waals surface area contributed by atoms with E-state index in [-0.39, 0.29) is 29.5 Å². The highest BCUT2D eigenvalue weighted by Gasteiger charge is 2.34. The van der Waals surface area contributed by atoms with Gasteiger partial charge in [0.25, 0.3) is 10.0 Å². The van der Waals surface area contributed by atoms with Gasteiger partial charge >= 0.3 is 0 Å². The Kier molecular flexibility index (Phi) is 10.8. The predicted octanol–water partition coefficient (Wildman–Crippen LogP) is 5.32. The number of likely N-dealkylation sites (N-methyl/N-ethyl adjacent to an activating group) is 1. The molecule has 0 radical (unpaired) electrons. The number of hydrogen-bond donors (Lipinski definition) is 1. The van der Waals surface area contributed by atoms with Gasteiger partial charge in [-0.3, -0.25) is 13.9 Å². The van der Waals surface area contributed by atoms with Gasteiger partial charge in [0.2, 0.25) is 11.8 Å². The van der Waals surface area contributed by atoms with Crippen LogP contribution in [0, 0.1) is 0 Å². The van der Waals surface area contributed by atoms with Gasteiger partial charge in [0.05, 0.1) is 17.7 Å². The van der Waals surface area contributed by atoms with Crippen LogP contribution >= 0.6 is 11.6 Å². The zero-order chi connectivity index (χ0) is 30.8. The molecule has 0 heterocycles. The normalized spacial score (nSPS) is 11.8. The van der Waals surface area contributed by atoms with Crippen molar-refractivity contribution in [1.29, 1.82) is 0 Å². The zero-order valence-electron chi connectivity index (χ0n) is 24.0. The minimum atomic E-state index is -4.17. The van der Waals surface area contributed by atoms with Crippen molar-refractivity contribution in [2.24, 2.45) is 0 Å². The van der Waals surface area contributed by atoms with Crippen molar-refractivity contribution in [3.05, 3.63) is 125 Å². The summed E-state index contributed by atoms with van der Waals surface area (Å²) < 4.78 is 34.3. The van der Waals surface area contributed by atoms with Crippen LogP contribution in [0.15, 0.2) is 114 Å². The molecule has 0 unspecified atom stereocenters. The second kappa shape index (κ2) is 14.7. The van der Waals surface area contributed by atoms with E-state index in [1.54, 1.807) is 67.6 Å². The van der Waals surface area contributed by atoms with E-state index in [0.717, 1.165) is 9.87 Å². The first kappa shape index (κ1) is 31.6. The number of carbonyl (C=O) groups is 2. The summed E-state index contributed by atoms with van der Waals surface area (Å²) in [6.07, 6.45) is 0.229. The number of halogens is 1. The van der Waals surface area contributed by atoms with Crippen LogP contribution in [0.5, 0.6) is 5.75 Å². The Morgan fingerprint density at radius 1 is 0.860 bits per heavy atom. The molecule has 10 heteroatoms. The summed E-state index contributed by atoms with van der Waals surface area (Å²) in [5, 5.41) is 3.33. The van der Waals surface area contributed by atoms with E-state index in [4.69, 9.17) is 16.3 Å². The first-order chi connectivity index (χ1) is 20.7. The molecule has 1 atom stereocenters. The van der Waals surface area contributed by atoms with E-state index in [0.29, 0.717) is 22.9 Å². The second-order valence-electron chi connectivity index (χ2n) is 9.77. The molecular weight excluding hydrogens is 586 g/mol. The molecular formula is C33H34ClN3O5S. The molecule has 0 fully saturated rings. The zero-order valence-corrected chi connectivity index (χ0v) is 25.6. The number of nitrogens with zero attached hydrogens (tertiary/aromatic N) is 2. The average Bonchev–Trinajstić information content (AvgIpc) is 3.02. The number of anilines is 1. The van der Waals surface area contributed by atoms with E-state index >= 15 is 0 Å². The summed E-state index contributed by atoms with van der Waals surface area (Å²) in [5.41, 5.74) is 1.83. The smallest absolute Gasteiger partial charge is 0.264 e.